The van der Waals surface area contributed by atoms with Crippen LogP contribution in [-0.4, -0.2) is 54.1 Å². The number of aryl methyl sites for hydroxylation is 1. The molecule has 6 nitrogen and oxygen atoms in total. The van der Waals surface area contributed by atoms with Crippen LogP contribution in [0, 0.1) is 6.92 Å². The van der Waals surface area contributed by atoms with E-state index in [-0.39, 0.29) is 12.5 Å². The molecule has 0 bridgehead atoms. The van der Waals surface area contributed by atoms with E-state index >= 15 is 0 Å². The van der Waals surface area contributed by atoms with E-state index in [1.165, 1.54) is 0 Å². The first-order valence-electron chi connectivity index (χ1n) is 6.71. The van der Waals surface area contributed by atoms with Crippen LogP contribution in [0.3, 0.4) is 0 Å². The molecule has 1 heterocycles. The number of anilines is 1. The maximum absolute atomic E-state index is 12.1. The van der Waals surface area contributed by atoms with Crippen molar-refractivity contribution < 1.29 is 14.7 Å². The standard InChI is InChI=1S/C14H18BrN3O3/c1-9-6-10(2-3-11(9)15)17-13(19)8-18-5-4-16-7-12(18)14(20)21/h2-3,6,12,16H,4-5,7-8H2,1H3,(H,17,19)(H,20,21). The van der Waals surface area contributed by atoms with E-state index < -0.39 is 12.0 Å². The van der Waals surface area contributed by atoms with Gasteiger partial charge in [-0.25, -0.2) is 0 Å². The number of rotatable bonds is 4. The van der Waals surface area contributed by atoms with Gasteiger partial charge in [0.1, 0.15) is 6.04 Å². The molecular formula is C14H18BrN3O3. The van der Waals surface area contributed by atoms with E-state index in [1.54, 1.807) is 11.0 Å². The number of piperazine rings is 1. The second-order valence-electron chi connectivity index (χ2n) is 5.04. The minimum absolute atomic E-state index is 0.0771. The summed E-state index contributed by atoms with van der Waals surface area (Å²) in [6.07, 6.45) is 0. The lowest BCUT2D eigenvalue weighted by Gasteiger charge is -2.32. The van der Waals surface area contributed by atoms with Gasteiger partial charge >= 0.3 is 5.97 Å². The van der Waals surface area contributed by atoms with Crippen LogP contribution in [0.15, 0.2) is 22.7 Å². The van der Waals surface area contributed by atoms with E-state index in [4.69, 9.17) is 5.11 Å². The Kier molecular flexibility index (Phi) is 5.33. The fourth-order valence-electron chi connectivity index (χ4n) is 2.29. The molecule has 0 spiro atoms. The molecule has 7 heteroatoms. The summed E-state index contributed by atoms with van der Waals surface area (Å²) >= 11 is 3.41. The van der Waals surface area contributed by atoms with Gasteiger partial charge in [-0.05, 0) is 30.7 Å². The van der Waals surface area contributed by atoms with Gasteiger partial charge in [-0.2, -0.15) is 0 Å². The molecule has 114 valence electrons. The molecule has 1 fully saturated rings. The number of hydrogen-bond acceptors (Lipinski definition) is 4. The number of nitrogens with zero attached hydrogens (tertiary/aromatic N) is 1. The molecule has 0 aromatic heterocycles. The Morgan fingerprint density at radius 2 is 2.29 bits per heavy atom. The van der Waals surface area contributed by atoms with Gasteiger partial charge in [0.2, 0.25) is 5.91 Å². The van der Waals surface area contributed by atoms with Crippen LogP contribution in [0.4, 0.5) is 5.69 Å². The van der Waals surface area contributed by atoms with Crippen molar-refractivity contribution in [2.75, 3.05) is 31.5 Å². The minimum Gasteiger partial charge on any atom is -0.480 e. The number of carboxylic acids is 1. The maximum Gasteiger partial charge on any atom is 0.322 e. The van der Waals surface area contributed by atoms with E-state index in [2.05, 4.69) is 26.6 Å². The summed E-state index contributed by atoms with van der Waals surface area (Å²) in [7, 11) is 0. The third-order valence-corrected chi connectivity index (χ3v) is 4.32. The van der Waals surface area contributed by atoms with Crippen molar-refractivity contribution in [2.24, 2.45) is 0 Å². The number of carbonyl (C=O) groups is 2. The number of carbonyl (C=O) groups excluding carboxylic acids is 1. The normalized spacial score (nSPS) is 19.2. The zero-order valence-electron chi connectivity index (χ0n) is 11.7. The summed E-state index contributed by atoms with van der Waals surface area (Å²) in [5.41, 5.74) is 1.74. The van der Waals surface area contributed by atoms with Crippen molar-refractivity contribution in [1.82, 2.24) is 10.2 Å². The van der Waals surface area contributed by atoms with Gasteiger partial charge in [-0.3, -0.25) is 14.5 Å². The predicted octanol–water partition coefficient (Wildman–Crippen LogP) is 1.05. The second-order valence-corrected chi connectivity index (χ2v) is 5.90. The molecule has 1 saturated heterocycles. The van der Waals surface area contributed by atoms with E-state index in [0.29, 0.717) is 25.3 Å². The molecule has 1 amide bonds. The average Bonchev–Trinajstić information content (AvgIpc) is 2.43. The summed E-state index contributed by atoms with van der Waals surface area (Å²) in [6.45, 7) is 3.61. The Morgan fingerprint density at radius 3 is 2.95 bits per heavy atom. The van der Waals surface area contributed by atoms with Crippen LogP contribution >= 0.6 is 15.9 Å². The molecule has 1 unspecified atom stereocenters. The third-order valence-electron chi connectivity index (χ3n) is 3.43. The highest BCUT2D eigenvalue weighted by molar-refractivity contribution is 9.10. The fraction of sp³-hybridized carbons (Fsp3) is 0.429. The predicted molar refractivity (Wildman–Crippen MR) is 83.4 cm³/mol. The highest BCUT2D eigenvalue weighted by atomic mass is 79.9. The lowest BCUT2D eigenvalue weighted by molar-refractivity contribution is -0.144. The first-order chi connectivity index (χ1) is 9.97. The lowest BCUT2D eigenvalue weighted by Crippen LogP contribution is -2.56. The van der Waals surface area contributed by atoms with Gasteiger partial charge in [0.15, 0.2) is 0 Å². The topological polar surface area (TPSA) is 81.7 Å². The number of carboxylic acid groups (broad SMARTS) is 1. The molecule has 1 aliphatic heterocycles. The van der Waals surface area contributed by atoms with Crippen molar-refractivity contribution in [1.29, 1.82) is 0 Å². The van der Waals surface area contributed by atoms with Crippen LogP contribution in [-0.2, 0) is 9.59 Å². The molecule has 0 radical (unpaired) electrons. The summed E-state index contributed by atoms with van der Waals surface area (Å²) in [6, 6.07) is 4.89. The van der Waals surface area contributed by atoms with Crippen LogP contribution in [0.1, 0.15) is 5.56 Å². The van der Waals surface area contributed by atoms with Crippen LogP contribution in [0.25, 0.3) is 0 Å². The Hall–Kier alpha value is -1.44. The molecule has 3 N–H and O–H groups in total. The number of hydrogen-bond donors (Lipinski definition) is 3. The zero-order valence-corrected chi connectivity index (χ0v) is 13.3. The van der Waals surface area contributed by atoms with Crippen LogP contribution < -0.4 is 10.6 Å². The Labute approximate surface area is 131 Å². The first-order valence-corrected chi connectivity index (χ1v) is 7.50. The summed E-state index contributed by atoms with van der Waals surface area (Å²) in [5, 5.41) is 15.0. The van der Waals surface area contributed by atoms with Crippen molar-refractivity contribution in [3.63, 3.8) is 0 Å². The van der Waals surface area contributed by atoms with Crippen molar-refractivity contribution in [2.45, 2.75) is 13.0 Å². The third kappa shape index (κ3) is 4.26. The van der Waals surface area contributed by atoms with Crippen molar-refractivity contribution >= 4 is 33.5 Å². The Bertz CT molecular complexity index is 550. The van der Waals surface area contributed by atoms with E-state index in [9.17, 15) is 9.59 Å². The summed E-state index contributed by atoms with van der Waals surface area (Å²) in [5.74, 6) is -1.11. The molecule has 1 aliphatic rings. The van der Waals surface area contributed by atoms with Gasteiger partial charge in [0.05, 0.1) is 6.54 Å². The zero-order chi connectivity index (χ0) is 15.4. The van der Waals surface area contributed by atoms with E-state index in [1.807, 2.05) is 19.1 Å². The van der Waals surface area contributed by atoms with Gasteiger partial charge in [0, 0.05) is 29.8 Å². The first kappa shape index (κ1) is 15.9. The van der Waals surface area contributed by atoms with Gasteiger partial charge in [0.25, 0.3) is 0 Å². The monoisotopic (exact) mass is 355 g/mol. The Balaban J connectivity index is 1.97. The number of aliphatic carboxylic acids is 1. The molecule has 1 atom stereocenters. The quantitative estimate of drug-likeness (QED) is 0.752. The molecule has 0 saturated carbocycles. The fourth-order valence-corrected chi connectivity index (χ4v) is 2.53. The molecule has 21 heavy (non-hydrogen) atoms. The summed E-state index contributed by atoms with van der Waals surface area (Å²) in [4.78, 5) is 24.9. The van der Waals surface area contributed by atoms with Crippen LogP contribution in [0.2, 0.25) is 0 Å². The van der Waals surface area contributed by atoms with Crippen molar-refractivity contribution in [3.05, 3.63) is 28.2 Å². The second kappa shape index (κ2) is 7.02. The number of amides is 1. The van der Waals surface area contributed by atoms with E-state index in [0.717, 1.165) is 10.0 Å². The highest BCUT2D eigenvalue weighted by Crippen LogP contribution is 2.20. The average molecular weight is 356 g/mol. The van der Waals surface area contributed by atoms with Gasteiger partial charge in [-0.1, -0.05) is 15.9 Å². The molecule has 2 rings (SSSR count). The maximum atomic E-state index is 12.1. The minimum atomic E-state index is -0.908. The number of halogens is 1. The number of nitrogens with one attached hydrogen (secondary N) is 2. The highest BCUT2D eigenvalue weighted by Gasteiger charge is 2.29. The largest absolute Gasteiger partial charge is 0.480 e. The smallest absolute Gasteiger partial charge is 0.322 e. The van der Waals surface area contributed by atoms with Crippen molar-refractivity contribution in [3.8, 4) is 0 Å². The Morgan fingerprint density at radius 1 is 1.52 bits per heavy atom. The van der Waals surface area contributed by atoms with Gasteiger partial charge < -0.3 is 15.7 Å². The van der Waals surface area contributed by atoms with Crippen LogP contribution in [0.5, 0.6) is 0 Å². The number of benzene rings is 1. The molecule has 1 aromatic rings. The molecule has 1 aromatic carbocycles. The lowest BCUT2D eigenvalue weighted by atomic mass is 10.2. The SMILES string of the molecule is Cc1cc(NC(=O)CN2CCNCC2C(=O)O)ccc1Br. The molecule has 0 aliphatic carbocycles. The molecular weight excluding hydrogens is 338 g/mol. The summed E-state index contributed by atoms with van der Waals surface area (Å²) < 4.78 is 0.980. The van der Waals surface area contributed by atoms with Gasteiger partial charge in [-0.15, -0.1) is 0 Å².